The molecule has 0 N–H and O–H groups in total. The minimum atomic E-state index is -0.427. The van der Waals surface area contributed by atoms with Crippen LogP contribution in [0.3, 0.4) is 0 Å². The Kier molecular flexibility index (Phi) is 5.07. The smallest absolute Gasteiger partial charge is 0.337 e. The van der Waals surface area contributed by atoms with Gasteiger partial charge in [-0.1, -0.05) is 12.1 Å². The molecule has 3 rings (SSSR count). The van der Waals surface area contributed by atoms with E-state index in [0.717, 1.165) is 0 Å². The van der Waals surface area contributed by atoms with Gasteiger partial charge in [0.25, 0.3) is 0 Å². The Labute approximate surface area is 156 Å². The highest BCUT2D eigenvalue weighted by atomic mass is 16.5. The number of ether oxygens (including phenoxy) is 3. The van der Waals surface area contributed by atoms with Crippen molar-refractivity contribution in [3.63, 3.8) is 0 Å². The molecule has 1 aliphatic heterocycles. The number of rotatable bonds is 5. The minimum absolute atomic E-state index is 0.0389. The summed E-state index contributed by atoms with van der Waals surface area (Å²) in [7, 11) is 1.32. The van der Waals surface area contributed by atoms with Gasteiger partial charge in [-0.05, 0) is 49.8 Å². The molecule has 0 amide bonds. The summed E-state index contributed by atoms with van der Waals surface area (Å²) in [5.41, 5.74) is 2.24. The van der Waals surface area contributed by atoms with Crippen LogP contribution >= 0.6 is 0 Å². The van der Waals surface area contributed by atoms with Gasteiger partial charge in [0.2, 0.25) is 5.78 Å². The summed E-state index contributed by atoms with van der Waals surface area (Å²) in [5, 5.41) is 0. The summed E-state index contributed by atoms with van der Waals surface area (Å²) in [6.07, 6.45) is 1.61. The van der Waals surface area contributed by atoms with Crippen molar-refractivity contribution in [3.8, 4) is 11.5 Å². The maximum atomic E-state index is 12.6. The van der Waals surface area contributed by atoms with Crippen LogP contribution in [0, 0.1) is 6.92 Å². The highest BCUT2D eigenvalue weighted by molar-refractivity contribution is 6.15. The molecule has 0 aliphatic carbocycles. The van der Waals surface area contributed by atoms with Gasteiger partial charge in [0.05, 0.1) is 18.2 Å². The number of carbonyl (C=O) groups excluding carboxylic acids is 3. The van der Waals surface area contributed by atoms with E-state index < -0.39 is 5.97 Å². The van der Waals surface area contributed by atoms with Crippen LogP contribution in [0.1, 0.15) is 38.8 Å². The van der Waals surface area contributed by atoms with E-state index in [-0.39, 0.29) is 23.9 Å². The van der Waals surface area contributed by atoms with Crippen LogP contribution in [-0.2, 0) is 9.53 Å². The molecule has 138 valence electrons. The average Bonchev–Trinajstić information content (AvgIpc) is 2.98. The molecule has 0 saturated carbocycles. The molecule has 6 nitrogen and oxygen atoms in total. The lowest BCUT2D eigenvalue weighted by Crippen LogP contribution is -2.07. The first kappa shape index (κ1) is 18.4. The van der Waals surface area contributed by atoms with Crippen molar-refractivity contribution in [2.75, 3.05) is 13.7 Å². The summed E-state index contributed by atoms with van der Waals surface area (Å²) in [6.45, 7) is 3.17. The summed E-state index contributed by atoms with van der Waals surface area (Å²) < 4.78 is 15.9. The van der Waals surface area contributed by atoms with Crippen molar-refractivity contribution in [1.82, 2.24) is 0 Å². The fourth-order valence-corrected chi connectivity index (χ4v) is 2.69. The van der Waals surface area contributed by atoms with Gasteiger partial charge in [-0.25, -0.2) is 4.79 Å². The first-order valence-corrected chi connectivity index (χ1v) is 8.29. The highest BCUT2D eigenvalue weighted by Crippen LogP contribution is 2.39. The molecule has 0 atom stereocenters. The molecule has 0 aromatic heterocycles. The maximum Gasteiger partial charge on any atom is 0.337 e. The van der Waals surface area contributed by atoms with Gasteiger partial charge in [0, 0.05) is 5.56 Å². The lowest BCUT2D eigenvalue weighted by atomic mass is 10.1. The molecule has 0 radical (unpaired) electrons. The summed E-state index contributed by atoms with van der Waals surface area (Å²) in [6, 6.07) is 9.92. The van der Waals surface area contributed by atoms with Gasteiger partial charge in [0.15, 0.2) is 11.5 Å². The molecule has 27 heavy (non-hydrogen) atoms. The number of hydrogen-bond acceptors (Lipinski definition) is 6. The Morgan fingerprint density at radius 2 is 1.81 bits per heavy atom. The van der Waals surface area contributed by atoms with Crippen LogP contribution in [0.2, 0.25) is 0 Å². The Morgan fingerprint density at radius 1 is 1.11 bits per heavy atom. The Bertz CT molecular complexity index is 953. The molecule has 0 saturated heterocycles. The lowest BCUT2D eigenvalue weighted by molar-refractivity contribution is -0.118. The Balaban J connectivity index is 1.85. The zero-order valence-electron chi connectivity index (χ0n) is 15.2. The van der Waals surface area contributed by atoms with Gasteiger partial charge in [-0.3, -0.25) is 9.59 Å². The van der Waals surface area contributed by atoms with Crippen LogP contribution in [0.4, 0.5) is 0 Å². The Morgan fingerprint density at radius 3 is 2.44 bits per heavy atom. The minimum Gasteiger partial charge on any atom is -0.485 e. The number of methoxy groups -OCH3 is 1. The number of hydrogen-bond donors (Lipinski definition) is 0. The number of allylic oxidation sites excluding steroid dienone is 1. The van der Waals surface area contributed by atoms with Crippen molar-refractivity contribution in [2.45, 2.75) is 13.8 Å². The van der Waals surface area contributed by atoms with E-state index in [9.17, 15) is 14.4 Å². The van der Waals surface area contributed by atoms with Crippen LogP contribution in [0.5, 0.6) is 11.5 Å². The molecular weight excluding hydrogens is 348 g/mol. The molecular formula is C21H18O6. The first-order valence-electron chi connectivity index (χ1n) is 8.29. The van der Waals surface area contributed by atoms with Crippen molar-refractivity contribution in [3.05, 3.63) is 64.4 Å². The van der Waals surface area contributed by atoms with Crippen molar-refractivity contribution in [2.24, 2.45) is 0 Å². The standard InChI is InChI=1S/C21H18O6/c1-12(22)11-26-17-9-8-16-19(23)18(27-20(16)13(17)2)10-14-4-6-15(7-5-14)21(24)25-3/h4-10H,11H2,1-3H3/b18-10-. The van der Waals surface area contributed by atoms with E-state index in [1.54, 1.807) is 49.4 Å². The highest BCUT2D eigenvalue weighted by Gasteiger charge is 2.30. The predicted octanol–water partition coefficient (Wildman–Crippen LogP) is 3.37. The quantitative estimate of drug-likeness (QED) is 0.596. The molecule has 0 fully saturated rings. The molecule has 1 heterocycles. The maximum absolute atomic E-state index is 12.6. The fraction of sp³-hybridized carbons (Fsp3) is 0.190. The monoisotopic (exact) mass is 366 g/mol. The Hall–Kier alpha value is -3.41. The van der Waals surface area contributed by atoms with E-state index in [4.69, 9.17) is 9.47 Å². The first-order chi connectivity index (χ1) is 12.9. The third kappa shape index (κ3) is 3.74. The molecule has 1 aliphatic rings. The number of carbonyl (C=O) groups is 3. The van der Waals surface area contributed by atoms with Gasteiger partial charge in [0.1, 0.15) is 18.1 Å². The second-order valence-corrected chi connectivity index (χ2v) is 6.11. The van der Waals surface area contributed by atoms with E-state index in [0.29, 0.717) is 33.8 Å². The van der Waals surface area contributed by atoms with E-state index >= 15 is 0 Å². The number of esters is 1. The van der Waals surface area contributed by atoms with Crippen LogP contribution in [-0.4, -0.2) is 31.3 Å². The lowest BCUT2D eigenvalue weighted by Gasteiger charge is -2.10. The summed E-state index contributed by atoms with van der Waals surface area (Å²) in [4.78, 5) is 35.2. The zero-order valence-corrected chi connectivity index (χ0v) is 15.2. The van der Waals surface area contributed by atoms with Crippen LogP contribution < -0.4 is 9.47 Å². The van der Waals surface area contributed by atoms with E-state index in [1.807, 2.05) is 0 Å². The SMILES string of the molecule is COC(=O)c1ccc(/C=C2\Oc3c(ccc(OCC(C)=O)c3C)C2=O)cc1. The van der Waals surface area contributed by atoms with Gasteiger partial charge < -0.3 is 14.2 Å². The second-order valence-electron chi connectivity index (χ2n) is 6.11. The largest absolute Gasteiger partial charge is 0.485 e. The summed E-state index contributed by atoms with van der Waals surface area (Å²) >= 11 is 0. The number of Topliss-reactive ketones (excluding diaryl/α,β-unsaturated/α-hetero) is 2. The van der Waals surface area contributed by atoms with Gasteiger partial charge in [-0.15, -0.1) is 0 Å². The third-order valence-corrected chi connectivity index (χ3v) is 4.10. The number of fused-ring (bicyclic) bond motifs is 1. The molecule has 2 aromatic carbocycles. The second kappa shape index (κ2) is 7.45. The fourth-order valence-electron chi connectivity index (χ4n) is 2.69. The topological polar surface area (TPSA) is 78.9 Å². The molecule has 2 aromatic rings. The van der Waals surface area contributed by atoms with E-state index in [1.165, 1.54) is 14.0 Å². The predicted molar refractivity (Wildman–Crippen MR) is 98.1 cm³/mol. The van der Waals surface area contributed by atoms with Crippen LogP contribution in [0.15, 0.2) is 42.2 Å². The van der Waals surface area contributed by atoms with Gasteiger partial charge in [-0.2, -0.15) is 0 Å². The normalized spacial score (nSPS) is 13.9. The molecule has 0 unspecified atom stereocenters. The number of benzene rings is 2. The van der Waals surface area contributed by atoms with Crippen LogP contribution in [0.25, 0.3) is 6.08 Å². The molecule has 6 heteroatoms. The van der Waals surface area contributed by atoms with Crippen molar-refractivity contribution < 1.29 is 28.6 Å². The van der Waals surface area contributed by atoms with Crippen molar-refractivity contribution in [1.29, 1.82) is 0 Å². The zero-order chi connectivity index (χ0) is 19.6. The molecule has 0 spiro atoms. The van der Waals surface area contributed by atoms with Gasteiger partial charge >= 0.3 is 5.97 Å². The average molecular weight is 366 g/mol. The van der Waals surface area contributed by atoms with Crippen molar-refractivity contribution >= 4 is 23.6 Å². The third-order valence-electron chi connectivity index (χ3n) is 4.10. The molecule has 0 bridgehead atoms. The van der Waals surface area contributed by atoms with E-state index in [2.05, 4.69) is 4.74 Å². The number of ketones is 2. The summed E-state index contributed by atoms with van der Waals surface area (Å²) in [5.74, 6) is 0.358.